The van der Waals surface area contributed by atoms with Gasteiger partial charge in [0.25, 0.3) is 0 Å². The summed E-state index contributed by atoms with van der Waals surface area (Å²) in [6, 6.07) is 7.61. The highest BCUT2D eigenvalue weighted by Crippen LogP contribution is 2.42. The Kier molecular flexibility index (Phi) is 3.41. The van der Waals surface area contributed by atoms with Crippen LogP contribution in [0.1, 0.15) is 0 Å². The van der Waals surface area contributed by atoms with E-state index in [1.54, 1.807) is 18.2 Å². The van der Waals surface area contributed by atoms with E-state index in [4.69, 9.17) is 33.5 Å². The molecule has 7 heteroatoms. The number of anilines is 1. The Bertz CT molecular complexity index is 785. The van der Waals surface area contributed by atoms with Crippen LogP contribution in [0, 0.1) is 5.82 Å². The third-order valence-electron chi connectivity index (χ3n) is 2.72. The lowest BCUT2D eigenvalue weighted by atomic mass is 10.0. The zero-order valence-electron chi connectivity index (χ0n) is 9.86. The van der Waals surface area contributed by atoms with Crippen LogP contribution < -0.4 is 5.73 Å². The minimum absolute atomic E-state index is 0.193. The summed E-state index contributed by atoms with van der Waals surface area (Å²) in [5.74, 6) is 0.237. The van der Waals surface area contributed by atoms with Gasteiger partial charge in [0.2, 0.25) is 0 Å². The summed E-state index contributed by atoms with van der Waals surface area (Å²) < 4.78 is 19.0. The SMILES string of the molecule is Nc1noc(-c2ccc(Cl)s2)c1-c1ccc(F)cc1Cl. The van der Waals surface area contributed by atoms with E-state index in [2.05, 4.69) is 5.16 Å². The number of rotatable bonds is 2. The van der Waals surface area contributed by atoms with Gasteiger partial charge in [0, 0.05) is 5.56 Å². The van der Waals surface area contributed by atoms with Gasteiger partial charge in [0.1, 0.15) is 5.82 Å². The number of benzene rings is 1. The van der Waals surface area contributed by atoms with Crippen molar-refractivity contribution >= 4 is 40.4 Å². The van der Waals surface area contributed by atoms with Gasteiger partial charge in [-0.2, -0.15) is 0 Å². The molecule has 0 unspecified atom stereocenters. The van der Waals surface area contributed by atoms with Crippen molar-refractivity contribution in [2.75, 3.05) is 5.73 Å². The zero-order valence-corrected chi connectivity index (χ0v) is 12.2. The number of nitrogens with two attached hydrogens (primary N) is 1. The first kappa shape index (κ1) is 13.4. The summed E-state index contributed by atoms with van der Waals surface area (Å²) in [7, 11) is 0. The fraction of sp³-hybridized carbons (Fsp3) is 0. The van der Waals surface area contributed by atoms with Crippen molar-refractivity contribution in [2.24, 2.45) is 0 Å². The Morgan fingerprint density at radius 3 is 2.65 bits per heavy atom. The van der Waals surface area contributed by atoms with Crippen molar-refractivity contribution in [3.05, 3.63) is 45.5 Å². The highest BCUT2D eigenvalue weighted by atomic mass is 35.5. The smallest absolute Gasteiger partial charge is 0.186 e. The second kappa shape index (κ2) is 5.09. The van der Waals surface area contributed by atoms with Crippen LogP contribution in [0.2, 0.25) is 9.36 Å². The number of halogens is 3. The van der Waals surface area contributed by atoms with Crippen molar-refractivity contribution in [3.8, 4) is 21.8 Å². The molecule has 0 saturated heterocycles. The van der Waals surface area contributed by atoms with Gasteiger partial charge in [0.05, 0.1) is 19.8 Å². The van der Waals surface area contributed by atoms with Gasteiger partial charge in [-0.25, -0.2) is 4.39 Å². The van der Waals surface area contributed by atoms with E-state index < -0.39 is 5.82 Å². The van der Waals surface area contributed by atoms with E-state index in [0.717, 1.165) is 4.88 Å². The maximum absolute atomic E-state index is 13.1. The minimum Gasteiger partial charge on any atom is -0.380 e. The molecule has 2 aromatic heterocycles. The number of nitrogen functional groups attached to an aromatic ring is 1. The van der Waals surface area contributed by atoms with E-state index in [-0.39, 0.29) is 10.8 Å². The summed E-state index contributed by atoms with van der Waals surface area (Å²) in [5.41, 5.74) is 6.94. The Labute approximate surface area is 127 Å². The van der Waals surface area contributed by atoms with Gasteiger partial charge < -0.3 is 10.3 Å². The largest absolute Gasteiger partial charge is 0.380 e. The number of nitrogens with zero attached hydrogens (tertiary/aromatic N) is 1. The van der Waals surface area contributed by atoms with Gasteiger partial charge in [0.15, 0.2) is 11.6 Å². The van der Waals surface area contributed by atoms with Crippen LogP contribution in [0.25, 0.3) is 21.8 Å². The molecule has 0 aliphatic heterocycles. The average molecular weight is 329 g/mol. The molecule has 0 amide bonds. The first-order chi connectivity index (χ1) is 9.56. The summed E-state index contributed by atoms with van der Waals surface area (Å²) in [6.45, 7) is 0. The molecule has 0 saturated carbocycles. The summed E-state index contributed by atoms with van der Waals surface area (Å²) in [6.07, 6.45) is 0. The lowest BCUT2D eigenvalue weighted by Crippen LogP contribution is -1.89. The highest BCUT2D eigenvalue weighted by molar-refractivity contribution is 7.19. The lowest BCUT2D eigenvalue weighted by molar-refractivity contribution is 0.437. The quantitative estimate of drug-likeness (QED) is 0.712. The Morgan fingerprint density at radius 2 is 2.00 bits per heavy atom. The van der Waals surface area contributed by atoms with Crippen LogP contribution in [-0.4, -0.2) is 5.16 Å². The maximum Gasteiger partial charge on any atom is 0.186 e. The summed E-state index contributed by atoms with van der Waals surface area (Å²) in [4.78, 5) is 0.773. The standard InChI is InChI=1S/C13H7Cl2FN2OS/c14-8-5-6(16)1-2-7(8)11-12(19-18-13(11)17)9-3-4-10(15)20-9/h1-5H,(H2,17,18). The predicted octanol–water partition coefficient (Wildman–Crippen LogP) is 5.10. The number of aromatic nitrogens is 1. The molecular weight excluding hydrogens is 322 g/mol. The molecule has 102 valence electrons. The van der Waals surface area contributed by atoms with Crippen LogP contribution in [-0.2, 0) is 0 Å². The van der Waals surface area contributed by atoms with Crippen LogP contribution in [0.15, 0.2) is 34.9 Å². The van der Waals surface area contributed by atoms with E-state index in [1.165, 1.54) is 23.5 Å². The summed E-state index contributed by atoms with van der Waals surface area (Å²) in [5, 5.41) is 4.00. The van der Waals surface area contributed by atoms with Crippen LogP contribution in [0.3, 0.4) is 0 Å². The Morgan fingerprint density at radius 1 is 1.20 bits per heavy atom. The predicted molar refractivity (Wildman–Crippen MR) is 79.6 cm³/mol. The normalized spacial score (nSPS) is 10.9. The molecule has 1 aromatic carbocycles. The van der Waals surface area contributed by atoms with Crippen molar-refractivity contribution < 1.29 is 8.91 Å². The second-order valence-corrected chi connectivity index (χ2v) is 6.12. The van der Waals surface area contributed by atoms with Gasteiger partial charge >= 0.3 is 0 Å². The van der Waals surface area contributed by atoms with Crippen molar-refractivity contribution in [1.82, 2.24) is 5.16 Å². The van der Waals surface area contributed by atoms with Gasteiger partial charge in [-0.05, 0) is 30.3 Å². The average Bonchev–Trinajstić information content (AvgIpc) is 2.96. The first-order valence-corrected chi connectivity index (χ1v) is 7.10. The lowest BCUT2D eigenvalue weighted by Gasteiger charge is -2.04. The van der Waals surface area contributed by atoms with E-state index in [9.17, 15) is 4.39 Å². The topological polar surface area (TPSA) is 52.0 Å². The molecule has 2 heterocycles. The van der Waals surface area contributed by atoms with Gasteiger partial charge in [-0.3, -0.25) is 0 Å². The molecule has 0 aliphatic rings. The molecule has 0 atom stereocenters. The molecule has 20 heavy (non-hydrogen) atoms. The number of hydrogen-bond acceptors (Lipinski definition) is 4. The Hall–Kier alpha value is -1.56. The summed E-state index contributed by atoms with van der Waals surface area (Å²) >= 11 is 13.3. The van der Waals surface area contributed by atoms with Gasteiger partial charge in [-0.15, -0.1) is 11.3 Å². The molecule has 0 radical (unpaired) electrons. The Balaban J connectivity index is 2.21. The molecule has 0 spiro atoms. The van der Waals surface area contributed by atoms with Crippen LogP contribution >= 0.6 is 34.5 Å². The highest BCUT2D eigenvalue weighted by Gasteiger charge is 2.21. The maximum atomic E-state index is 13.1. The third-order valence-corrected chi connectivity index (χ3v) is 4.26. The molecule has 3 rings (SSSR count). The first-order valence-electron chi connectivity index (χ1n) is 5.52. The van der Waals surface area contributed by atoms with E-state index in [1.807, 2.05) is 0 Å². The van der Waals surface area contributed by atoms with Crippen LogP contribution in [0.5, 0.6) is 0 Å². The monoisotopic (exact) mass is 328 g/mol. The fourth-order valence-corrected chi connectivity index (χ4v) is 3.15. The molecule has 0 aliphatic carbocycles. The molecule has 3 aromatic rings. The van der Waals surface area contributed by atoms with E-state index in [0.29, 0.717) is 21.2 Å². The number of thiophene rings is 1. The molecule has 0 fully saturated rings. The third kappa shape index (κ3) is 2.28. The van der Waals surface area contributed by atoms with Crippen molar-refractivity contribution in [1.29, 1.82) is 0 Å². The minimum atomic E-state index is -0.422. The molecule has 3 nitrogen and oxygen atoms in total. The van der Waals surface area contributed by atoms with Crippen molar-refractivity contribution in [3.63, 3.8) is 0 Å². The molecule has 0 bridgehead atoms. The van der Waals surface area contributed by atoms with Gasteiger partial charge in [-0.1, -0.05) is 28.4 Å². The number of hydrogen-bond donors (Lipinski definition) is 1. The second-order valence-electron chi connectivity index (χ2n) is 4.00. The van der Waals surface area contributed by atoms with E-state index >= 15 is 0 Å². The van der Waals surface area contributed by atoms with Crippen molar-refractivity contribution in [2.45, 2.75) is 0 Å². The van der Waals surface area contributed by atoms with Crippen LogP contribution in [0.4, 0.5) is 10.2 Å². The molecule has 2 N–H and O–H groups in total. The molecular formula is C13H7Cl2FN2OS. The fourth-order valence-electron chi connectivity index (χ4n) is 1.86. The zero-order chi connectivity index (χ0) is 14.3.